The molecule has 0 saturated carbocycles. The summed E-state index contributed by atoms with van der Waals surface area (Å²) in [6.07, 6.45) is 0. The molecule has 7 heteroatoms. The number of esters is 1. The first-order chi connectivity index (χ1) is 13.4. The summed E-state index contributed by atoms with van der Waals surface area (Å²) in [4.78, 5) is 35.6. The van der Waals surface area contributed by atoms with Crippen molar-refractivity contribution in [2.75, 3.05) is 20.3 Å². The first-order valence-electron chi connectivity index (χ1n) is 8.76. The summed E-state index contributed by atoms with van der Waals surface area (Å²) in [7, 11) is 1.42. The van der Waals surface area contributed by atoms with Crippen LogP contribution < -0.4 is 14.8 Å². The van der Waals surface area contributed by atoms with E-state index in [-0.39, 0.29) is 12.2 Å². The second-order valence-corrected chi connectivity index (χ2v) is 6.25. The summed E-state index contributed by atoms with van der Waals surface area (Å²) in [6, 6.07) is 13.8. The van der Waals surface area contributed by atoms with Crippen molar-refractivity contribution in [1.29, 1.82) is 0 Å². The molecule has 2 aromatic carbocycles. The summed E-state index contributed by atoms with van der Waals surface area (Å²) < 4.78 is 15.2. The lowest BCUT2D eigenvalue weighted by Crippen LogP contribution is -2.34. The van der Waals surface area contributed by atoms with Gasteiger partial charge in [-0.2, -0.15) is 0 Å². The van der Waals surface area contributed by atoms with E-state index in [2.05, 4.69) is 19.2 Å². The third kappa shape index (κ3) is 6.12. The zero-order chi connectivity index (χ0) is 20.5. The van der Waals surface area contributed by atoms with Crippen LogP contribution in [0.5, 0.6) is 11.5 Å². The number of nitrogens with one attached hydrogen (secondary N) is 1. The number of benzene rings is 2. The van der Waals surface area contributed by atoms with Crippen LogP contribution in [0.25, 0.3) is 0 Å². The highest BCUT2D eigenvalue weighted by atomic mass is 16.6. The molecule has 2 rings (SSSR count). The van der Waals surface area contributed by atoms with Gasteiger partial charge in [-0.25, -0.2) is 4.79 Å². The van der Waals surface area contributed by atoms with Crippen molar-refractivity contribution in [3.63, 3.8) is 0 Å². The highest BCUT2D eigenvalue weighted by molar-refractivity contribution is 6.06. The Bertz CT molecular complexity index is 829. The number of amides is 2. The molecule has 28 heavy (non-hydrogen) atoms. The Balaban J connectivity index is 1.76. The molecule has 0 heterocycles. The van der Waals surface area contributed by atoms with Crippen LogP contribution in [0.1, 0.15) is 35.7 Å². The minimum absolute atomic E-state index is 0.206. The van der Waals surface area contributed by atoms with Gasteiger partial charge in [0.05, 0.1) is 12.7 Å². The van der Waals surface area contributed by atoms with E-state index in [0.29, 0.717) is 17.4 Å². The number of para-hydroxylation sites is 1. The van der Waals surface area contributed by atoms with Gasteiger partial charge in [0.25, 0.3) is 11.8 Å². The minimum Gasteiger partial charge on any atom is -0.496 e. The summed E-state index contributed by atoms with van der Waals surface area (Å²) in [5.41, 5.74) is 1.36. The number of ether oxygens (including phenoxy) is 3. The average Bonchev–Trinajstić information content (AvgIpc) is 2.70. The maximum atomic E-state index is 12.1. The van der Waals surface area contributed by atoms with Crippen LogP contribution in [0.3, 0.4) is 0 Å². The molecule has 0 aliphatic carbocycles. The van der Waals surface area contributed by atoms with Crippen LogP contribution in [0, 0.1) is 0 Å². The lowest BCUT2D eigenvalue weighted by Gasteiger charge is -2.10. The van der Waals surface area contributed by atoms with Crippen molar-refractivity contribution in [1.82, 2.24) is 5.32 Å². The fraction of sp³-hybridized carbons (Fsp3) is 0.286. The number of carbonyl (C=O) groups excluding carboxylic acids is 3. The second kappa shape index (κ2) is 10.1. The van der Waals surface area contributed by atoms with Crippen molar-refractivity contribution in [3.05, 3.63) is 59.7 Å². The molecule has 1 N–H and O–H groups in total. The maximum Gasteiger partial charge on any atom is 0.344 e. The Morgan fingerprint density at radius 3 is 2.29 bits per heavy atom. The molecule has 0 spiro atoms. The Morgan fingerprint density at radius 1 is 0.964 bits per heavy atom. The van der Waals surface area contributed by atoms with E-state index in [1.807, 2.05) is 12.1 Å². The summed E-state index contributed by atoms with van der Waals surface area (Å²) in [5.74, 6) is -0.840. The number of carbonyl (C=O) groups is 3. The minimum atomic E-state index is -0.745. The Kier molecular flexibility index (Phi) is 7.56. The molecule has 0 radical (unpaired) electrons. The van der Waals surface area contributed by atoms with E-state index in [1.54, 1.807) is 30.3 Å². The SMILES string of the molecule is COc1ccccc1C(=O)NC(=O)COC(=O)COc1ccc(C(C)C)cc1. The lowest BCUT2D eigenvalue weighted by molar-refractivity contribution is -0.150. The zero-order valence-corrected chi connectivity index (χ0v) is 16.1. The monoisotopic (exact) mass is 385 g/mol. The predicted molar refractivity (Wildman–Crippen MR) is 102 cm³/mol. The summed E-state index contributed by atoms with van der Waals surface area (Å²) >= 11 is 0. The highest BCUT2D eigenvalue weighted by Crippen LogP contribution is 2.18. The molecule has 148 valence electrons. The number of hydrogen-bond acceptors (Lipinski definition) is 6. The van der Waals surface area contributed by atoms with Gasteiger partial charge >= 0.3 is 5.97 Å². The van der Waals surface area contributed by atoms with Crippen LogP contribution in [0.15, 0.2) is 48.5 Å². The molecule has 0 saturated heterocycles. The molecule has 0 aliphatic heterocycles. The first kappa shape index (κ1) is 21.0. The van der Waals surface area contributed by atoms with Crippen LogP contribution in [-0.4, -0.2) is 38.1 Å². The van der Waals surface area contributed by atoms with Gasteiger partial charge in [-0.3, -0.25) is 14.9 Å². The molecular weight excluding hydrogens is 362 g/mol. The average molecular weight is 385 g/mol. The highest BCUT2D eigenvalue weighted by Gasteiger charge is 2.16. The normalized spacial score (nSPS) is 10.3. The number of methoxy groups -OCH3 is 1. The third-order valence-corrected chi connectivity index (χ3v) is 3.87. The van der Waals surface area contributed by atoms with E-state index in [1.165, 1.54) is 13.2 Å². The summed E-state index contributed by atoms with van der Waals surface area (Å²) in [6.45, 7) is 3.23. The lowest BCUT2D eigenvalue weighted by atomic mass is 10.0. The predicted octanol–water partition coefficient (Wildman–Crippen LogP) is 2.70. The molecule has 0 atom stereocenters. The zero-order valence-electron chi connectivity index (χ0n) is 16.1. The van der Waals surface area contributed by atoms with Crippen molar-refractivity contribution >= 4 is 17.8 Å². The van der Waals surface area contributed by atoms with Gasteiger partial charge in [0.1, 0.15) is 11.5 Å². The van der Waals surface area contributed by atoms with Gasteiger partial charge in [-0.15, -0.1) is 0 Å². The third-order valence-electron chi connectivity index (χ3n) is 3.87. The Hall–Kier alpha value is -3.35. The molecular formula is C21H23NO6. The number of rotatable bonds is 8. The largest absolute Gasteiger partial charge is 0.496 e. The van der Waals surface area contributed by atoms with Gasteiger partial charge in [0, 0.05) is 0 Å². The van der Waals surface area contributed by atoms with Crippen molar-refractivity contribution in [2.24, 2.45) is 0 Å². The van der Waals surface area contributed by atoms with E-state index in [0.717, 1.165) is 5.56 Å². The second-order valence-electron chi connectivity index (χ2n) is 6.25. The van der Waals surface area contributed by atoms with Gasteiger partial charge in [0.2, 0.25) is 0 Å². The molecule has 7 nitrogen and oxygen atoms in total. The van der Waals surface area contributed by atoms with Crippen LogP contribution in [0.4, 0.5) is 0 Å². The molecule has 2 amide bonds. The van der Waals surface area contributed by atoms with E-state index >= 15 is 0 Å². The molecule has 0 fully saturated rings. The number of hydrogen-bond donors (Lipinski definition) is 1. The van der Waals surface area contributed by atoms with E-state index < -0.39 is 24.4 Å². The van der Waals surface area contributed by atoms with Crippen LogP contribution in [-0.2, 0) is 14.3 Å². The smallest absolute Gasteiger partial charge is 0.344 e. The molecule has 0 bridgehead atoms. The van der Waals surface area contributed by atoms with E-state index in [4.69, 9.17) is 14.2 Å². The quantitative estimate of drug-likeness (QED) is 0.703. The van der Waals surface area contributed by atoms with Gasteiger partial charge in [-0.05, 0) is 35.7 Å². The molecule has 0 aromatic heterocycles. The fourth-order valence-corrected chi connectivity index (χ4v) is 2.34. The standard InChI is InChI=1S/C21H23NO6/c1-14(2)15-8-10-16(11-9-15)27-13-20(24)28-12-19(23)22-21(25)17-6-4-5-7-18(17)26-3/h4-11,14H,12-13H2,1-3H3,(H,22,23,25). The van der Waals surface area contributed by atoms with Gasteiger partial charge in [-0.1, -0.05) is 38.1 Å². The molecule has 0 unspecified atom stereocenters. The van der Waals surface area contributed by atoms with Crippen LogP contribution in [0.2, 0.25) is 0 Å². The number of imide groups is 1. The van der Waals surface area contributed by atoms with Gasteiger partial charge in [0.15, 0.2) is 13.2 Å². The molecule has 2 aromatic rings. The Labute approximate surface area is 163 Å². The van der Waals surface area contributed by atoms with Crippen molar-refractivity contribution in [2.45, 2.75) is 19.8 Å². The van der Waals surface area contributed by atoms with Crippen molar-refractivity contribution < 1.29 is 28.6 Å². The summed E-state index contributed by atoms with van der Waals surface area (Å²) in [5, 5.41) is 2.14. The molecule has 0 aliphatic rings. The van der Waals surface area contributed by atoms with Crippen molar-refractivity contribution in [3.8, 4) is 11.5 Å². The fourth-order valence-electron chi connectivity index (χ4n) is 2.34. The van der Waals surface area contributed by atoms with Crippen LogP contribution >= 0.6 is 0 Å². The van der Waals surface area contributed by atoms with Gasteiger partial charge < -0.3 is 14.2 Å². The maximum absolute atomic E-state index is 12.1. The van der Waals surface area contributed by atoms with E-state index in [9.17, 15) is 14.4 Å². The first-order valence-corrected chi connectivity index (χ1v) is 8.76. The Morgan fingerprint density at radius 2 is 1.64 bits per heavy atom. The topological polar surface area (TPSA) is 90.9 Å².